The van der Waals surface area contributed by atoms with E-state index in [1.54, 1.807) is 6.07 Å². The Kier molecular flexibility index (Phi) is 8.98. The molecule has 0 bridgehead atoms. The molecule has 1 aliphatic heterocycles. The monoisotopic (exact) mass is 595 g/mol. The van der Waals surface area contributed by atoms with Crippen molar-refractivity contribution in [2.24, 2.45) is 17.8 Å². The summed E-state index contributed by atoms with van der Waals surface area (Å²) in [6.07, 6.45) is 6.77. The molecule has 0 spiro atoms. The van der Waals surface area contributed by atoms with Crippen molar-refractivity contribution in [3.63, 3.8) is 0 Å². The van der Waals surface area contributed by atoms with E-state index in [2.05, 4.69) is 6.08 Å². The molecule has 1 saturated carbocycles. The van der Waals surface area contributed by atoms with Crippen LogP contribution < -0.4 is 0 Å². The molecule has 7 nitrogen and oxygen atoms in total. The molecule has 3 aromatic carbocycles. The minimum Gasteiger partial charge on any atom is -0.507 e. The zero-order valence-electron chi connectivity index (χ0n) is 24.9. The second-order valence-electron chi connectivity index (χ2n) is 12.5. The summed E-state index contributed by atoms with van der Waals surface area (Å²) in [5.74, 6) is -2.27. The number of imide groups is 1. The minimum absolute atomic E-state index is 0.103. The van der Waals surface area contributed by atoms with Crippen LogP contribution in [0.3, 0.4) is 0 Å². The van der Waals surface area contributed by atoms with E-state index in [1.807, 2.05) is 60.7 Å². The summed E-state index contributed by atoms with van der Waals surface area (Å²) in [7, 11) is 0. The van der Waals surface area contributed by atoms with Gasteiger partial charge in [0.25, 0.3) is 0 Å². The Hall–Kier alpha value is -3.78. The molecule has 7 heteroatoms. The molecule has 230 valence electrons. The zero-order valence-corrected chi connectivity index (χ0v) is 24.9. The number of hydrogen-bond donors (Lipinski definition) is 4. The van der Waals surface area contributed by atoms with Crippen LogP contribution in [0.15, 0.2) is 77.9 Å². The maximum Gasteiger partial charge on any atom is 0.234 e. The average molecular weight is 596 g/mol. The molecule has 44 heavy (non-hydrogen) atoms. The maximum absolute atomic E-state index is 13.8. The summed E-state index contributed by atoms with van der Waals surface area (Å²) >= 11 is 0. The van der Waals surface area contributed by atoms with Crippen LogP contribution in [-0.2, 0) is 9.59 Å². The molecule has 0 unspecified atom stereocenters. The highest BCUT2D eigenvalue weighted by Gasteiger charge is 2.56. The molecule has 2 aliphatic carbocycles. The van der Waals surface area contributed by atoms with Gasteiger partial charge in [-0.05, 0) is 71.4 Å². The fourth-order valence-corrected chi connectivity index (χ4v) is 7.85. The number of phenolic OH excluding ortho intramolecular Hbond substituents is 1. The van der Waals surface area contributed by atoms with Crippen LogP contribution in [0.5, 0.6) is 5.75 Å². The first kappa shape index (κ1) is 30.3. The number of aromatic hydroxyl groups is 1. The predicted molar refractivity (Wildman–Crippen MR) is 170 cm³/mol. The number of aliphatic hydroxyl groups excluding tert-OH is 3. The molecule has 0 aromatic heterocycles. The van der Waals surface area contributed by atoms with Crippen molar-refractivity contribution in [2.75, 3.05) is 13.2 Å². The van der Waals surface area contributed by atoms with E-state index in [4.69, 9.17) is 0 Å². The van der Waals surface area contributed by atoms with Gasteiger partial charge in [0.1, 0.15) is 5.75 Å². The van der Waals surface area contributed by atoms with Crippen LogP contribution in [0, 0.1) is 17.8 Å². The van der Waals surface area contributed by atoms with E-state index in [1.165, 1.54) is 4.90 Å². The van der Waals surface area contributed by atoms with Gasteiger partial charge >= 0.3 is 0 Å². The van der Waals surface area contributed by atoms with Gasteiger partial charge in [0, 0.05) is 17.3 Å². The van der Waals surface area contributed by atoms with Crippen LogP contribution in [0.1, 0.15) is 62.5 Å². The van der Waals surface area contributed by atoms with Crippen LogP contribution in [0.4, 0.5) is 0 Å². The summed E-state index contributed by atoms with van der Waals surface area (Å²) in [4.78, 5) is 28.8. The van der Waals surface area contributed by atoms with Crippen LogP contribution in [0.2, 0.25) is 0 Å². The lowest BCUT2D eigenvalue weighted by atomic mass is 9.68. The van der Waals surface area contributed by atoms with Crippen LogP contribution in [-0.4, -0.2) is 62.5 Å². The number of hydrogen-bond acceptors (Lipinski definition) is 6. The Morgan fingerprint density at radius 2 is 1.59 bits per heavy atom. The van der Waals surface area contributed by atoms with E-state index >= 15 is 0 Å². The SMILES string of the molecule is O=C1[C@@H]2[C@@H](CC(CO)=C([C@H](O)CC/C(=C/c3ccc(O)c4ccccc34)c3ccccc3)[C@@H]2CO)C(=O)N1C1CCCCC1. The molecule has 2 fully saturated rings. The number of allylic oxidation sites excluding steroid dienone is 1. The third-order valence-electron chi connectivity index (χ3n) is 10.0. The van der Waals surface area contributed by atoms with Gasteiger partial charge in [-0.1, -0.05) is 86.0 Å². The van der Waals surface area contributed by atoms with E-state index in [0.29, 0.717) is 24.0 Å². The second-order valence-corrected chi connectivity index (χ2v) is 12.5. The fourth-order valence-electron chi connectivity index (χ4n) is 7.85. The smallest absolute Gasteiger partial charge is 0.234 e. The molecular weight excluding hydrogens is 554 g/mol. The topological polar surface area (TPSA) is 118 Å². The summed E-state index contributed by atoms with van der Waals surface area (Å²) in [5, 5.41) is 44.8. The standard InChI is InChI=1S/C37H41NO6/c39-21-26-20-30-35(37(44)38(36(30)43)27-11-5-2-6-12-27)31(22-40)34(26)33(42)18-15-24(23-9-3-1-4-10-23)19-25-16-17-32(41)29-14-8-7-13-28(25)29/h1,3-4,7-10,13-14,16-17,19,27,30-31,33,35,39-42H,2,5-6,11-12,15,18,20-22H2/b24-19-/t30-,31+,33-,35-/m1/s1. The fraction of sp³-hybridized carbons (Fsp3) is 0.405. The summed E-state index contributed by atoms with van der Waals surface area (Å²) in [6, 6.07) is 21.0. The quantitative estimate of drug-likeness (QED) is 0.148. The molecule has 6 rings (SSSR count). The number of nitrogens with zero attached hydrogens (tertiary/aromatic N) is 1. The van der Waals surface area contributed by atoms with Gasteiger partial charge < -0.3 is 20.4 Å². The Morgan fingerprint density at radius 3 is 2.30 bits per heavy atom. The Labute approximate surface area is 258 Å². The van der Waals surface area contributed by atoms with Crippen molar-refractivity contribution in [3.8, 4) is 5.75 Å². The van der Waals surface area contributed by atoms with E-state index in [-0.39, 0.29) is 43.2 Å². The van der Waals surface area contributed by atoms with Crippen molar-refractivity contribution in [1.82, 2.24) is 4.90 Å². The number of amides is 2. The zero-order chi connectivity index (χ0) is 30.8. The average Bonchev–Trinajstić information content (AvgIpc) is 3.32. The lowest BCUT2D eigenvalue weighted by Crippen LogP contribution is -2.42. The highest BCUT2D eigenvalue weighted by atomic mass is 16.3. The van der Waals surface area contributed by atoms with Crippen molar-refractivity contribution in [2.45, 2.75) is 63.5 Å². The largest absolute Gasteiger partial charge is 0.507 e. The van der Waals surface area contributed by atoms with Crippen molar-refractivity contribution in [3.05, 3.63) is 89.0 Å². The second kappa shape index (κ2) is 13.1. The first-order valence-electron chi connectivity index (χ1n) is 15.9. The molecule has 3 aliphatic rings. The molecule has 1 heterocycles. The highest BCUT2D eigenvalue weighted by Crippen LogP contribution is 2.47. The number of aliphatic hydroxyl groups is 3. The molecule has 3 aromatic rings. The highest BCUT2D eigenvalue weighted by molar-refractivity contribution is 6.06. The summed E-state index contributed by atoms with van der Waals surface area (Å²) in [6.45, 7) is -0.715. The molecule has 4 atom stereocenters. The third-order valence-corrected chi connectivity index (χ3v) is 10.0. The third kappa shape index (κ3) is 5.60. The Bertz CT molecular complexity index is 1590. The maximum atomic E-state index is 13.8. The van der Waals surface area contributed by atoms with E-state index in [9.17, 15) is 30.0 Å². The van der Waals surface area contributed by atoms with Crippen molar-refractivity contribution < 1.29 is 30.0 Å². The Balaban J connectivity index is 1.29. The lowest BCUT2D eigenvalue weighted by molar-refractivity contribution is -0.143. The molecule has 2 amide bonds. The lowest BCUT2D eigenvalue weighted by Gasteiger charge is -2.36. The van der Waals surface area contributed by atoms with Gasteiger partial charge in [-0.3, -0.25) is 14.5 Å². The normalized spacial score (nSPS) is 23.8. The number of fused-ring (bicyclic) bond motifs is 2. The molecule has 0 radical (unpaired) electrons. The number of carbonyl (C=O) groups is 2. The number of rotatable bonds is 9. The van der Waals surface area contributed by atoms with Crippen molar-refractivity contribution in [1.29, 1.82) is 0 Å². The van der Waals surface area contributed by atoms with Gasteiger partial charge in [0.05, 0.1) is 31.2 Å². The number of benzene rings is 3. The number of likely N-dealkylation sites (tertiary alicyclic amines) is 1. The van der Waals surface area contributed by atoms with Crippen molar-refractivity contribution >= 4 is 34.2 Å². The van der Waals surface area contributed by atoms with Crippen LogP contribution >= 0.6 is 0 Å². The first-order valence-corrected chi connectivity index (χ1v) is 15.9. The van der Waals surface area contributed by atoms with Crippen LogP contribution in [0.25, 0.3) is 22.4 Å². The molecule has 4 N–H and O–H groups in total. The number of carbonyl (C=O) groups excluding carboxylic acids is 2. The van der Waals surface area contributed by atoms with Gasteiger partial charge in [-0.2, -0.15) is 0 Å². The Morgan fingerprint density at radius 1 is 0.886 bits per heavy atom. The van der Waals surface area contributed by atoms with E-state index < -0.39 is 23.9 Å². The molecule has 1 saturated heterocycles. The summed E-state index contributed by atoms with van der Waals surface area (Å²) in [5.41, 5.74) is 3.98. The number of phenols is 1. The minimum atomic E-state index is -1.01. The molecular formula is C37H41NO6. The van der Waals surface area contributed by atoms with E-state index in [0.717, 1.165) is 59.6 Å². The van der Waals surface area contributed by atoms with Gasteiger partial charge in [-0.15, -0.1) is 0 Å². The van der Waals surface area contributed by atoms with Gasteiger partial charge in [0.2, 0.25) is 11.8 Å². The van der Waals surface area contributed by atoms with Gasteiger partial charge in [0.15, 0.2) is 0 Å². The first-order chi connectivity index (χ1) is 21.4. The summed E-state index contributed by atoms with van der Waals surface area (Å²) < 4.78 is 0. The predicted octanol–water partition coefficient (Wildman–Crippen LogP) is 5.46. The van der Waals surface area contributed by atoms with Gasteiger partial charge in [-0.25, -0.2) is 0 Å².